The molecule has 1 saturated heterocycles. The highest BCUT2D eigenvalue weighted by atomic mass is 15.1. The Bertz CT molecular complexity index is 377. The molecule has 1 atom stereocenters. The van der Waals surface area contributed by atoms with Gasteiger partial charge in [0, 0.05) is 19.1 Å². The summed E-state index contributed by atoms with van der Waals surface area (Å²) in [6.45, 7) is 11.7. The third-order valence-corrected chi connectivity index (χ3v) is 4.20. The molecule has 1 aromatic carbocycles. The lowest BCUT2D eigenvalue weighted by atomic mass is 10.00. The van der Waals surface area contributed by atoms with E-state index in [-0.39, 0.29) is 0 Å². The highest BCUT2D eigenvalue weighted by molar-refractivity contribution is 5.25. The van der Waals surface area contributed by atoms with Crippen LogP contribution in [-0.4, -0.2) is 31.1 Å². The first kappa shape index (κ1) is 15.5. The monoisotopic (exact) mass is 274 g/mol. The van der Waals surface area contributed by atoms with Crippen LogP contribution in [0.3, 0.4) is 0 Å². The second-order valence-electron chi connectivity index (χ2n) is 6.56. The standard InChI is InChI=1S/C18H30N2/c1-15(2)14-17-6-8-18(9-7-17)16(3)19-10-13-20-11-4-5-12-20/h6-9,15-16,19H,4-5,10-14H2,1-3H3. The van der Waals surface area contributed by atoms with Gasteiger partial charge in [0.15, 0.2) is 0 Å². The molecule has 112 valence electrons. The van der Waals surface area contributed by atoms with Gasteiger partial charge in [-0.15, -0.1) is 0 Å². The summed E-state index contributed by atoms with van der Waals surface area (Å²) >= 11 is 0. The Hall–Kier alpha value is -0.860. The lowest BCUT2D eigenvalue weighted by molar-refractivity contribution is 0.330. The van der Waals surface area contributed by atoms with Crippen molar-refractivity contribution in [2.45, 2.75) is 46.1 Å². The minimum Gasteiger partial charge on any atom is -0.309 e. The average molecular weight is 274 g/mol. The molecule has 0 spiro atoms. The molecule has 2 nitrogen and oxygen atoms in total. The van der Waals surface area contributed by atoms with Crippen molar-refractivity contribution in [2.24, 2.45) is 5.92 Å². The Balaban J connectivity index is 1.75. The van der Waals surface area contributed by atoms with Crippen LogP contribution in [-0.2, 0) is 6.42 Å². The van der Waals surface area contributed by atoms with Crippen molar-refractivity contribution in [2.75, 3.05) is 26.2 Å². The zero-order valence-electron chi connectivity index (χ0n) is 13.4. The van der Waals surface area contributed by atoms with E-state index >= 15 is 0 Å². The molecule has 20 heavy (non-hydrogen) atoms. The van der Waals surface area contributed by atoms with Crippen molar-refractivity contribution in [1.82, 2.24) is 10.2 Å². The summed E-state index contributed by atoms with van der Waals surface area (Å²) in [7, 11) is 0. The molecule has 1 fully saturated rings. The van der Waals surface area contributed by atoms with Crippen LogP contribution >= 0.6 is 0 Å². The zero-order chi connectivity index (χ0) is 14.4. The van der Waals surface area contributed by atoms with Gasteiger partial charge in [-0.1, -0.05) is 38.1 Å². The molecular formula is C18H30N2. The van der Waals surface area contributed by atoms with Crippen LogP contribution < -0.4 is 5.32 Å². The first-order valence-corrected chi connectivity index (χ1v) is 8.19. The summed E-state index contributed by atoms with van der Waals surface area (Å²) in [6, 6.07) is 9.59. The molecule has 2 heteroatoms. The molecule has 0 radical (unpaired) electrons. The number of hydrogen-bond acceptors (Lipinski definition) is 2. The Morgan fingerprint density at radius 1 is 1.05 bits per heavy atom. The van der Waals surface area contributed by atoms with Gasteiger partial charge < -0.3 is 10.2 Å². The summed E-state index contributed by atoms with van der Waals surface area (Å²) in [5.74, 6) is 0.733. The molecular weight excluding hydrogens is 244 g/mol. The maximum absolute atomic E-state index is 3.64. The molecule has 0 aliphatic carbocycles. The topological polar surface area (TPSA) is 15.3 Å². The van der Waals surface area contributed by atoms with Gasteiger partial charge in [0.25, 0.3) is 0 Å². The molecule has 1 heterocycles. The first-order chi connectivity index (χ1) is 9.65. The number of benzene rings is 1. The molecule has 0 amide bonds. The van der Waals surface area contributed by atoms with E-state index < -0.39 is 0 Å². The van der Waals surface area contributed by atoms with E-state index in [2.05, 4.69) is 55.3 Å². The van der Waals surface area contributed by atoms with Crippen molar-refractivity contribution < 1.29 is 0 Å². The summed E-state index contributed by atoms with van der Waals surface area (Å²) in [6.07, 6.45) is 3.94. The van der Waals surface area contributed by atoms with Crippen LogP contribution in [0.5, 0.6) is 0 Å². The van der Waals surface area contributed by atoms with Crippen LogP contribution in [0.2, 0.25) is 0 Å². The minimum absolute atomic E-state index is 0.450. The molecule has 1 aromatic rings. The molecule has 1 aliphatic rings. The molecule has 0 saturated carbocycles. The number of nitrogens with zero attached hydrogens (tertiary/aromatic N) is 1. The fourth-order valence-corrected chi connectivity index (χ4v) is 2.98. The predicted octanol–water partition coefficient (Wildman–Crippen LogP) is 3.63. The van der Waals surface area contributed by atoms with E-state index in [9.17, 15) is 0 Å². The highest BCUT2D eigenvalue weighted by Gasteiger charge is 2.11. The van der Waals surface area contributed by atoms with E-state index in [4.69, 9.17) is 0 Å². The van der Waals surface area contributed by atoms with Crippen molar-refractivity contribution in [3.05, 3.63) is 35.4 Å². The molecule has 1 unspecified atom stereocenters. The summed E-state index contributed by atoms with van der Waals surface area (Å²) in [5.41, 5.74) is 2.85. The number of nitrogens with one attached hydrogen (secondary N) is 1. The normalized spacial score (nSPS) is 17.8. The summed E-state index contributed by atoms with van der Waals surface area (Å²) in [5, 5.41) is 3.64. The average Bonchev–Trinajstić information content (AvgIpc) is 2.92. The second kappa shape index (κ2) is 7.80. The van der Waals surface area contributed by atoms with E-state index in [1.54, 1.807) is 0 Å². The minimum atomic E-state index is 0.450. The quantitative estimate of drug-likeness (QED) is 0.817. The van der Waals surface area contributed by atoms with Crippen LogP contribution in [0.1, 0.15) is 50.8 Å². The van der Waals surface area contributed by atoms with Crippen molar-refractivity contribution in [1.29, 1.82) is 0 Å². The van der Waals surface area contributed by atoms with E-state index in [0.29, 0.717) is 6.04 Å². The van der Waals surface area contributed by atoms with Gasteiger partial charge in [-0.05, 0) is 56.3 Å². The molecule has 0 bridgehead atoms. The smallest absolute Gasteiger partial charge is 0.0292 e. The van der Waals surface area contributed by atoms with Gasteiger partial charge in [-0.2, -0.15) is 0 Å². The fourth-order valence-electron chi connectivity index (χ4n) is 2.98. The van der Waals surface area contributed by atoms with Crippen molar-refractivity contribution >= 4 is 0 Å². The van der Waals surface area contributed by atoms with Gasteiger partial charge >= 0.3 is 0 Å². The Labute approximate surface area is 124 Å². The summed E-state index contributed by atoms with van der Waals surface area (Å²) in [4.78, 5) is 2.56. The lowest BCUT2D eigenvalue weighted by Gasteiger charge is -2.19. The number of hydrogen-bond donors (Lipinski definition) is 1. The Kier molecular flexibility index (Phi) is 6.06. The van der Waals surface area contributed by atoms with Gasteiger partial charge in [0.05, 0.1) is 0 Å². The summed E-state index contributed by atoms with van der Waals surface area (Å²) < 4.78 is 0. The Morgan fingerprint density at radius 2 is 1.70 bits per heavy atom. The number of likely N-dealkylation sites (tertiary alicyclic amines) is 1. The highest BCUT2D eigenvalue weighted by Crippen LogP contribution is 2.15. The third-order valence-electron chi connectivity index (χ3n) is 4.20. The molecule has 1 aliphatic heterocycles. The van der Waals surface area contributed by atoms with Crippen LogP contribution in [0, 0.1) is 5.92 Å². The van der Waals surface area contributed by atoms with E-state index in [0.717, 1.165) is 12.5 Å². The van der Waals surface area contributed by atoms with Gasteiger partial charge in [0.2, 0.25) is 0 Å². The zero-order valence-corrected chi connectivity index (χ0v) is 13.4. The van der Waals surface area contributed by atoms with Crippen LogP contribution in [0.4, 0.5) is 0 Å². The lowest BCUT2D eigenvalue weighted by Crippen LogP contribution is -2.31. The predicted molar refractivity (Wildman–Crippen MR) is 87.1 cm³/mol. The van der Waals surface area contributed by atoms with E-state index in [1.165, 1.54) is 50.0 Å². The van der Waals surface area contributed by atoms with Gasteiger partial charge in [0.1, 0.15) is 0 Å². The second-order valence-corrected chi connectivity index (χ2v) is 6.56. The third kappa shape index (κ3) is 4.92. The molecule has 2 rings (SSSR count). The van der Waals surface area contributed by atoms with Gasteiger partial charge in [-0.3, -0.25) is 0 Å². The van der Waals surface area contributed by atoms with Crippen LogP contribution in [0.15, 0.2) is 24.3 Å². The fraction of sp³-hybridized carbons (Fsp3) is 0.667. The van der Waals surface area contributed by atoms with E-state index in [1.807, 2.05) is 0 Å². The number of rotatable bonds is 7. The first-order valence-electron chi connectivity index (χ1n) is 8.19. The molecule has 1 N–H and O–H groups in total. The largest absolute Gasteiger partial charge is 0.309 e. The van der Waals surface area contributed by atoms with Crippen molar-refractivity contribution in [3.63, 3.8) is 0 Å². The molecule has 0 aromatic heterocycles. The Morgan fingerprint density at radius 3 is 2.30 bits per heavy atom. The maximum atomic E-state index is 3.64. The van der Waals surface area contributed by atoms with Crippen molar-refractivity contribution in [3.8, 4) is 0 Å². The maximum Gasteiger partial charge on any atom is 0.0292 e. The van der Waals surface area contributed by atoms with Gasteiger partial charge in [-0.25, -0.2) is 0 Å². The van der Waals surface area contributed by atoms with Crippen LogP contribution in [0.25, 0.3) is 0 Å². The SMILES string of the molecule is CC(C)Cc1ccc(C(C)NCCN2CCCC2)cc1.